The quantitative estimate of drug-likeness (QED) is 0.133. The standard InChI is InChI=1S/C26H47N5O9/c1-16(2)20(29-18(32)13-11-14-19(33)30-31-24(38)40-26(6,7)8)21(34)28-17(22(35)36)12-9-10-15-27-23(37)39-25(3,4)5/h16-17,20H,9-15H2,1-8H3,(H,27,37)(H,28,34)(H,29,32)(H,30,33)(H,31,38)(H,35,36)/t17-,20-/m0/s1. The first-order valence-electron chi connectivity index (χ1n) is 13.4. The van der Waals surface area contributed by atoms with Crippen LogP contribution in [-0.2, 0) is 28.7 Å². The van der Waals surface area contributed by atoms with Gasteiger partial charge in [-0.25, -0.2) is 19.8 Å². The molecule has 0 fully saturated rings. The van der Waals surface area contributed by atoms with Crippen molar-refractivity contribution in [3.05, 3.63) is 0 Å². The number of amides is 5. The highest BCUT2D eigenvalue weighted by molar-refractivity contribution is 5.90. The van der Waals surface area contributed by atoms with Crippen LogP contribution in [0.2, 0.25) is 0 Å². The largest absolute Gasteiger partial charge is 0.480 e. The second-order valence-electron chi connectivity index (χ2n) is 11.6. The van der Waals surface area contributed by atoms with Gasteiger partial charge < -0.3 is 30.5 Å². The molecule has 14 nitrogen and oxygen atoms in total. The number of hydrogen-bond acceptors (Lipinski definition) is 8. The van der Waals surface area contributed by atoms with Crippen LogP contribution in [0, 0.1) is 5.92 Å². The Hall–Kier alpha value is -3.58. The normalized spacial score (nSPS) is 12.9. The van der Waals surface area contributed by atoms with Crippen LogP contribution < -0.4 is 26.8 Å². The first kappa shape index (κ1) is 36.4. The number of carbonyl (C=O) groups is 6. The lowest BCUT2D eigenvalue weighted by Crippen LogP contribution is -2.53. The zero-order valence-corrected chi connectivity index (χ0v) is 24.9. The van der Waals surface area contributed by atoms with Gasteiger partial charge in [0.2, 0.25) is 17.7 Å². The van der Waals surface area contributed by atoms with Crippen LogP contribution in [0.5, 0.6) is 0 Å². The van der Waals surface area contributed by atoms with Crippen molar-refractivity contribution < 1.29 is 43.3 Å². The number of carboxylic acids is 1. The van der Waals surface area contributed by atoms with Gasteiger partial charge in [-0.2, -0.15) is 0 Å². The molecule has 0 spiro atoms. The highest BCUT2D eigenvalue weighted by Gasteiger charge is 2.28. The van der Waals surface area contributed by atoms with Gasteiger partial charge in [0.1, 0.15) is 23.3 Å². The van der Waals surface area contributed by atoms with Crippen LogP contribution in [0.15, 0.2) is 0 Å². The molecule has 230 valence electrons. The van der Waals surface area contributed by atoms with E-state index in [4.69, 9.17) is 9.47 Å². The summed E-state index contributed by atoms with van der Waals surface area (Å²) in [4.78, 5) is 72.0. The molecule has 0 heterocycles. The van der Waals surface area contributed by atoms with Crippen molar-refractivity contribution in [2.45, 2.75) is 117 Å². The third-order valence-corrected chi connectivity index (χ3v) is 4.98. The molecule has 2 atom stereocenters. The summed E-state index contributed by atoms with van der Waals surface area (Å²) < 4.78 is 10.1. The average Bonchev–Trinajstić information content (AvgIpc) is 2.77. The summed E-state index contributed by atoms with van der Waals surface area (Å²) in [5, 5.41) is 17.2. The lowest BCUT2D eigenvalue weighted by atomic mass is 10.0. The summed E-state index contributed by atoms with van der Waals surface area (Å²) in [6.07, 6.45) is -0.349. The summed E-state index contributed by atoms with van der Waals surface area (Å²) in [5.74, 6) is -3.20. The van der Waals surface area contributed by atoms with Crippen molar-refractivity contribution >= 4 is 35.9 Å². The van der Waals surface area contributed by atoms with Crippen LogP contribution in [-0.4, -0.2) is 70.8 Å². The van der Waals surface area contributed by atoms with Crippen LogP contribution in [0.3, 0.4) is 0 Å². The molecule has 14 heteroatoms. The van der Waals surface area contributed by atoms with Gasteiger partial charge in [0.05, 0.1) is 0 Å². The molecular formula is C26H47N5O9. The minimum Gasteiger partial charge on any atom is -0.480 e. The van der Waals surface area contributed by atoms with Crippen molar-refractivity contribution in [1.29, 1.82) is 0 Å². The van der Waals surface area contributed by atoms with Gasteiger partial charge in [-0.05, 0) is 73.1 Å². The molecule has 0 unspecified atom stereocenters. The van der Waals surface area contributed by atoms with Gasteiger partial charge in [-0.3, -0.25) is 19.8 Å². The smallest absolute Gasteiger partial charge is 0.426 e. The molecule has 0 aromatic rings. The van der Waals surface area contributed by atoms with Gasteiger partial charge >= 0.3 is 18.2 Å². The highest BCUT2D eigenvalue weighted by Crippen LogP contribution is 2.09. The first-order valence-corrected chi connectivity index (χ1v) is 13.4. The topological polar surface area (TPSA) is 201 Å². The van der Waals surface area contributed by atoms with Gasteiger partial charge in [-0.1, -0.05) is 13.8 Å². The van der Waals surface area contributed by atoms with Crippen LogP contribution in [0.4, 0.5) is 9.59 Å². The van der Waals surface area contributed by atoms with Crippen molar-refractivity contribution in [3.8, 4) is 0 Å². The van der Waals surface area contributed by atoms with Gasteiger partial charge in [0.15, 0.2) is 0 Å². The second kappa shape index (κ2) is 17.2. The Kier molecular flexibility index (Phi) is 15.6. The number of ether oxygens (including phenoxy) is 2. The fourth-order valence-electron chi connectivity index (χ4n) is 3.17. The lowest BCUT2D eigenvalue weighted by Gasteiger charge is -2.24. The van der Waals surface area contributed by atoms with Crippen LogP contribution in [0.1, 0.15) is 93.9 Å². The van der Waals surface area contributed by atoms with E-state index in [2.05, 4.69) is 26.8 Å². The number of unbranched alkanes of at least 4 members (excludes halogenated alkanes) is 1. The maximum Gasteiger partial charge on any atom is 0.426 e. The molecule has 0 rings (SSSR count). The van der Waals surface area contributed by atoms with Crippen molar-refractivity contribution in [2.24, 2.45) is 5.92 Å². The summed E-state index contributed by atoms with van der Waals surface area (Å²) in [6, 6.07) is -2.15. The molecule has 0 aromatic heterocycles. The van der Waals surface area contributed by atoms with Crippen molar-refractivity contribution in [2.75, 3.05) is 6.54 Å². The molecule has 0 aliphatic heterocycles. The average molecular weight is 574 g/mol. The van der Waals surface area contributed by atoms with Crippen LogP contribution in [0.25, 0.3) is 0 Å². The number of rotatable bonds is 14. The number of carbonyl (C=O) groups excluding carboxylic acids is 5. The summed E-state index contributed by atoms with van der Waals surface area (Å²) in [6.45, 7) is 14.0. The number of alkyl carbamates (subject to hydrolysis) is 1. The Morgan fingerprint density at radius 2 is 1.27 bits per heavy atom. The predicted octanol–water partition coefficient (Wildman–Crippen LogP) is 2.12. The number of hydrogen-bond donors (Lipinski definition) is 6. The van der Waals surface area contributed by atoms with Gasteiger partial charge in [0.25, 0.3) is 0 Å². The molecule has 6 N–H and O–H groups in total. The Labute approximate surface area is 236 Å². The first-order chi connectivity index (χ1) is 18.3. The summed E-state index contributed by atoms with van der Waals surface area (Å²) in [7, 11) is 0. The molecule has 40 heavy (non-hydrogen) atoms. The van der Waals surface area contributed by atoms with Crippen molar-refractivity contribution in [1.82, 2.24) is 26.8 Å². The molecule has 0 radical (unpaired) electrons. The minimum atomic E-state index is -1.21. The third-order valence-electron chi connectivity index (χ3n) is 4.98. The molecule has 0 saturated carbocycles. The van der Waals surface area contributed by atoms with E-state index in [1.807, 2.05) is 0 Å². The zero-order chi connectivity index (χ0) is 31.1. The monoisotopic (exact) mass is 573 g/mol. The molecule has 0 aliphatic rings. The number of aliphatic carboxylic acids is 1. The molecule has 0 aliphatic carbocycles. The Bertz CT molecular complexity index is 879. The Morgan fingerprint density at radius 1 is 0.725 bits per heavy atom. The van der Waals surface area contributed by atoms with E-state index < -0.39 is 59.2 Å². The molecule has 5 amide bonds. The van der Waals surface area contributed by atoms with E-state index in [-0.39, 0.29) is 38.1 Å². The second-order valence-corrected chi connectivity index (χ2v) is 11.6. The molecule has 0 saturated heterocycles. The van der Waals surface area contributed by atoms with Crippen molar-refractivity contribution in [3.63, 3.8) is 0 Å². The zero-order valence-electron chi connectivity index (χ0n) is 24.9. The summed E-state index contributed by atoms with van der Waals surface area (Å²) >= 11 is 0. The van der Waals surface area contributed by atoms with E-state index >= 15 is 0 Å². The Balaban J connectivity index is 4.58. The van der Waals surface area contributed by atoms with E-state index in [1.165, 1.54) is 0 Å². The lowest BCUT2D eigenvalue weighted by molar-refractivity contribution is -0.142. The van der Waals surface area contributed by atoms with Gasteiger partial charge in [0, 0.05) is 19.4 Å². The van der Waals surface area contributed by atoms with Crippen LogP contribution >= 0.6 is 0 Å². The number of nitrogens with one attached hydrogen (secondary N) is 5. The fraction of sp³-hybridized carbons (Fsp3) is 0.769. The SMILES string of the molecule is CC(C)[C@H](NC(=O)CCCC(=O)NNC(=O)OC(C)(C)C)C(=O)N[C@@H](CCCCNC(=O)OC(C)(C)C)C(=O)O. The van der Waals surface area contributed by atoms with Gasteiger partial charge in [-0.15, -0.1) is 0 Å². The minimum absolute atomic E-state index is 0.0639. The Morgan fingerprint density at radius 3 is 1.80 bits per heavy atom. The predicted molar refractivity (Wildman–Crippen MR) is 146 cm³/mol. The maximum absolute atomic E-state index is 12.8. The molecule has 0 bridgehead atoms. The summed E-state index contributed by atoms with van der Waals surface area (Å²) in [5.41, 5.74) is 2.95. The van der Waals surface area contributed by atoms with E-state index in [1.54, 1.807) is 55.4 Å². The fourth-order valence-corrected chi connectivity index (χ4v) is 3.17. The van der Waals surface area contributed by atoms with E-state index in [0.717, 1.165) is 0 Å². The number of hydrazine groups is 1. The van der Waals surface area contributed by atoms with E-state index in [9.17, 15) is 33.9 Å². The molecule has 0 aromatic carbocycles. The molecular weight excluding hydrogens is 526 g/mol. The third kappa shape index (κ3) is 18.6. The highest BCUT2D eigenvalue weighted by atomic mass is 16.6. The van der Waals surface area contributed by atoms with E-state index in [0.29, 0.717) is 12.8 Å². The number of carboxylic acid groups (broad SMARTS) is 1. The maximum atomic E-state index is 12.8.